The smallest absolute Gasteiger partial charge is 0.245 e. The fraction of sp³-hybridized carbons (Fsp3) is 0.480. The molecular weight excluding hydrogens is 911 g/mol. The van der Waals surface area contributed by atoms with Crippen molar-refractivity contribution in [2.45, 2.75) is 140 Å². The van der Waals surface area contributed by atoms with Gasteiger partial charge in [0.15, 0.2) is 5.96 Å². The highest BCUT2D eigenvalue weighted by molar-refractivity contribution is 5.98. The van der Waals surface area contributed by atoms with Crippen LogP contribution >= 0.6 is 0 Å². The molecule has 0 unspecified atom stereocenters. The highest BCUT2D eigenvalue weighted by Crippen LogP contribution is 2.22. The normalized spacial score (nSPS) is 23.7. The summed E-state index contributed by atoms with van der Waals surface area (Å²) in [6, 6.07) is 8.91. The van der Waals surface area contributed by atoms with Gasteiger partial charge in [0.2, 0.25) is 41.4 Å². The maximum atomic E-state index is 14.7. The van der Waals surface area contributed by atoms with Crippen LogP contribution in [0.1, 0.15) is 94.9 Å². The number of carbonyl (C=O) groups excluding carboxylic acids is 8. The van der Waals surface area contributed by atoms with Crippen molar-refractivity contribution in [3.05, 3.63) is 90.1 Å². The predicted octanol–water partition coefficient (Wildman–Crippen LogP) is 0.835. The Bertz CT molecular complexity index is 2510. The lowest BCUT2D eigenvalue weighted by Crippen LogP contribution is -2.60. The standard InChI is InChI=1S/C50H67N13O8/c1-30-12-11-23-63(30)49(71)40-18-8-6-15-35(65)20-21-39(57-31(2)64)45(67)62-43(26-34-28-53-29-56-34)48(70)60-41(24-32-13-4-3-5-14-32)46(68)58-38(19-10-22-54-50(51)52)44(66)61-42(47(69)59-40)25-33-27-55-37-17-9-7-16-36(33)37/h3-5,7,9,13-14,16-17,27-30,38-43,55H,6,8,10-12,15,18-26H2,1-2H3,(H,53,56)(H,57,64)(H,58,68)(H,59,69)(H,60,70)(H,61,66)(H,62,67)(H4,51,52,54)/t30-,38+,39+,40+,41-,42+,43+/m1/s1. The van der Waals surface area contributed by atoms with Crippen molar-refractivity contribution in [1.29, 1.82) is 0 Å². The number of imidazole rings is 1. The summed E-state index contributed by atoms with van der Waals surface area (Å²) >= 11 is 0. The molecule has 0 bridgehead atoms. The number of nitrogens with one attached hydrogen (secondary N) is 8. The van der Waals surface area contributed by atoms with E-state index in [-0.39, 0.29) is 88.0 Å². The van der Waals surface area contributed by atoms with E-state index in [1.54, 1.807) is 41.4 Å². The number of hydrogen-bond acceptors (Lipinski definition) is 10. The average molecular weight is 978 g/mol. The fourth-order valence-corrected chi connectivity index (χ4v) is 9.08. The highest BCUT2D eigenvalue weighted by Gasteiger charge is 2.36. The number of Topliss-reactive ketones (excluding diaryl/α,β-unsaturated/α-hetero) is 1. The van der Waals surface area contributed by atoms with Gasteiger partial charge in [0, 0.05) is 87.1 Å². The molecule has 2 aromatic heterocycles. The average Bonchev–Trinajstić information content (AvgIpc) is 4.13. The molecule has 21 heteroatoms. The zero-order valence-corrected chi connectivity index (χ0v) is 40.3. The van der Waals surface area contributed by atoms with E-state index >= 15 is 0 Å². The number of H-pyrrole nitrogens is 2. The molecule has 380 valence electrons. The summed E-state index contributed by atoms with van der Waals surface area (Å²) in [7, 11) is 0. The van der Waals surface area contributed by atoms with Crippen LogP contribution < -0.4 is 43.4 Å². The fourth-order valence-electron chi connectivity index (χ4n) is 9.08. The Kier molecular flexibility index (Phi) is 19.2. The molecule has 21 nitrogen and oxygen atoms in total. The van der Waals surface area contributed by atoms with Crippen LogP contribution in [0.3, 0.4) is 0 Å². The van der Waals surface area contributed by atoms with Crippen molar-refractivity contribution >= 4 is 64.0 Å². The summed E-state index contributed by atoms with van der Waals surface area (Å²) in [4.78, 5) is 129. The van der Waals surface area contributed by atoms with E-state index in [1.165, 1.54) is 19.4 Å². The number of aromatic amines is 2. The van der Waals surface area contributed by atoms with Crippen molar-refractivity contribution in [1.82, 2.24) is 51.8 Å². The van der Waals surface area contributed by atoms with Crippen LogP contribution in [0.4, 0.5) is 0 Å². The van der Waals surface area contributed by atoms with Crippen LogP contribution in [0.15, 0.2) is 78.3 Å². The summed E-state index contributed by atoms with van der Waals surface area (Å²) in [5, 5.41) is 17.6. The number of benzene rings is 2. The van der Waals surface area contributed by atoms with E-state index in [2.05, 4.69) is 51.8 Å². The van der Waals surface area contributed by atoms with Crippen LogP contribution in [0, 0.1) is 0 Å². The Labute approximate surface area is 412 Å². The van der Waals surface area contributed by atoms with Gasteiger partial charge in [0.25, 0.3) is 0 Å². The molecule has 2 aromatic carbocycles. The third-order valence-electron chi connectivity index (χ3n) is 12.9. The molecule has 12 N–H and O–H groups in total. The number of amides is 7. The molecule has 0 spiro atoms. The second kappa shape index (κ2) is 25.9. The van der Waals surface area contributed by atoms with E-state index in [1.807, 2.05) is 31.2 Å². The number of nitrogens with zero attached hydrogens (tertiary/aromatic N) is 3. The number of para-hydroxylation sites is 1. The Morgan fingerprint density at radius 1 is 0.732 bits per heavy atom. The molecule has 0 radical (unpaired) electrons. The van der Waals surface area contributed by atoms with Gasteiger partial charge in [-0.05, 0) is 69.1 Å². The largest absolute Gasteiger partial charge is 0.370 e. The molecule has 2 aliphatic rings. The minimum Gasteiger partial charge on any atom is -0.370 e. The van der Waals surface area contributed by atoms with Crippen molar-refractivity contribution in [2.75, 3.05) is 13.1 Å². The first kappa shape index (κ1) is 52.8. The summed E-state index contributed by atoms with van der Waals surface area (Å²) in [5.74, 6) is -4.79. The van der Waals surface area contributed by atoms with Gasteiger partial charge in [-0.3, -0.25) is 43.3 Å². The molecule has 0 saturated carbocycles. The second-order valence-corrected chi connectivity index (χ2v) is 18.4. The number of aromatic nitrogens is 3. The van der Waals surface area contributed by atoms with Crippen LogP contribution in [0.2, 0.25) is 0 Å². The number of hydrogen-bond donors (Lipinski definition) is 10. The molecule has 2 fully saturated rings. The number of fused-ring (bicyclic) bond motifs is 1. The molecule has 0 aliphatic carbocycles. The Morgan fingerprint density at radius 2 is 1.39 bits per heavy atom. The number of rotatable bonds is 12. The van der Waals surface area contributed by atoms with Crippen molar-refractivity contribution in [3.8, 4) is 0 Å². The van der Waals surface area contributed by atoms with Gasteiger partial charge >= 0.3 is 0 Å². The quantitative estimate of drug-likeness (QED) is 0.0539. The lowest BCUT2D eigenvalue weighted by Gasteiger charge is -2.30. The van der Waals surface area contributed by atoms with E-state index in [9.17, 15) is 38.4 Å². The number of nitrogens with two attached hydrogens (primary N) is 2. The van der Waals surface area contributed by atoms with Crippen LogP contribution in [-0.4, -0.2) is 128 Å². The van der Waals surface area contributed by atoms with Crippen LogP contribution in [0.5, 0.6) is 0 Å². The number of carbonyl (C=O) groups is 8. The highest BCUT2D eigenvalue weighted by atomic mass is 16.2. The maximum Gasteiger partial charge on any atom is 0.245 e. The maximum absolute atomic E-state index is 14.7. The molecule has 4 aromatic rings. The summed E-state index contributed by atoms with van der Waals surface area (Å²) in [6.45, 7) is 3.80. The zero-order chi connectivity index (χ0) is 50.9. The Morgan fingerprint density at radius 3 is 2.08 bits per heavy atom. The number of aliphatic imine (C=N–C) groups is 1. The molecule has 4 heterocycles. The summed E-state index contributed by atoms with van der Waals surface area (Å²) in [5.41, 5.74) is 13.9. The van der Waals surface area contributed by atoms with Gasteiger partial charge in [-0.1, -0.05) is 55.0 Å². The van der Waals surface area contributed by atoms with E-state index < -0.39 is 71.7 Å². The van der Waals surface area contributed by atoms with Gasteiger partial charge in [0.1, 0.15) is 42.0 Å². The SMILES string of the molecule is CC(=O)N[C@H]1CCC(=O)CCCC[C@@H](C(=O)N2CCC[C@H]2C)NC(=O)[C@H](Cc2c[nH]c3ccccc23)NC(=O)[C@H](CCCN=C(N)N)NC(=O)[C@@H](Cc2ccccc2)NC(=O)[C@H](Cc2cnc[nH]2)NC1=O. The number of likely N-dealkylation sites (tertiary alicyclic amines) is 1. The first-order chi connectivity index (χ1) is 34.1. The Hall–Kier alpha value is -7.58. The summed E-state index contributed by atoms with van der Waals surface area (Å²) < 4.78 is 0. The van der Waals surface area contributed by atoms with Gasteiger partial charge in [0.05, 0.1) is 6.33 Å². The van der Waals surface area contributed by atoms with E-state index in [0.717, 1.165) is 23.7 Å². The minimum absolute atomic E-state index is 0.00138. The molecule has 6 rings (SSSR count). The third-order valence-corrected chi connectivity index (χ3v) is 12.9. The van der Waals surface area contributed by atoms with Crippen molar-refractivity contribution in [3.63, 3.8) is 0 Å². The topological polar surface area (TPSA) is 321 Å². The third kappa shape index (κ3) is 15.7. The van der Waals surface area contributed by atoms with E-state index in [4.69, 9.17) is 11.5 Å². The van der Waals surface area contributed by atoms with Gasteiger partial charge in [-0.2, -0.15) is 0 Å². The lowest BCUT2D eigenvalue weighted by molar-refractivity contribution is -0.138. The Balaban J connectivity index is 1.38. The van der Waals surface area contributed by atoms with Crippen molar-refractivity contribution < 1.29 is 38.4 Å². The lowest BCUT2D eigenvalue weighted by atomic mass is 10.00. The minimum atomic E-state index is -1.32. The van der Waals surface area contributed by atoms with Gasteiger partial charge < -0.3 is 58.2 Å². The monoisotopic (exact) mass is 978 g/mol. The predicted molar refractivity (Wildman–Crippen MR) is 265 cm³/mol. The van der Waals surface area contributed by atoms with Gasteiger partial charge in [-0.25, -0.2) is 4.98 Å². The molecule has 2 saturated heterocycles. The zero-order valence-electron chi connectivity index (χ0n) is 40.3. The van der Waals surface area contributed by atoms with Crippen molar-refractivity contribution in [2.24, 2.45) is 16.5 Å². The molecule has 2 aliphatic heterocycles. The molecule has 7 atom stereocenters. The first-order valence-corrected chi connectivity index (χ1v) is 24.4. The number of guanidine groups is 1. The van der Waals surface area contributed by atoms with Crippen LogP contribution in [0.25, 0.3) is 10.9 Å². The second-order valence-electron chi connectivity index (χ2n) is 18.4. The molecular formula is C50H67N13O8. The molecule has 71 heavy (non-hydrogen) atoms. The van der Waals surface area contributed by atoms with Gasteiger partial charge in [-0.15, -0.1) is 0 Å². The molecule has 7 amide bonds. The first-order valence-electron chi connectivity index (χ1n) is 24.4. The number of ketones is 1. The van der Waals surface area contributed by atoms with E-state index in [0.29, 0.717) is 36.2 Å². The van der Waals surface area contributed by atoms with Crippen LogP contribution in [-0.2, 0) is 57.6 Å². The summed E-state index contributed by atoms with van der Waals surface area (Å²) in [6.07, 6.45) is 7.18.